The van der Waals surface area contributed by atoms with Gasteiger partial charge < -0.3 is 10.4 Å². The number of aryl methyl sites for hydroxylation is 1. The highest BCUT2D eigenvalue weighted by atomic mass is 16.3. The van der Waals surface area contributed by atoms with Crippen LogP contribution in [0.1, 0.15) is 21.5 Å². The molecule has 0 aromatic heterocycles. The van der Waals surface area contributed by atoms with Gasteiger partial charge in [-0.1, -0.05) is 12.1 Å². The van der Waals surface area contributed by atoms with Crippen LogP contribution >= 0.6 is 0 Å². The molecule has 2 N–H and O–H groups in total. The molecule has 0 saturated heterocycles. The van der Waals surface area contributed by atoms with Gasteiger partial charge in [-0.15, -0.1) is 0 Å². The number of aromatic hydroxyl groups is 1. The maximum Gasteiger partial charge on any atom is 0.255 e. The maximum absolute atomic E-state index is 12.1. The summed E-state index contributed by atoms with van der Waals surface area (Å²) in [6, 6.07) is 13.8. The van der Waals surface area contributed by atoms with Crippen LogP contribution in [0.5, 0.6) is 5.75 Å². The Balaban J connectivity index is 2.13. The van der Waals surface area contributed by atoms with Crippen molar-refractivity contribution in [3.63, 3.8) is 0 Å². The number of phenolic OH excluding ortho intramolecular Hbond substituents is 1. The normalized spacial score (nSPS) is 9.80. The van der Waals surface area contributed by atoms with Crippen LogP contribution in [-0.4, -0.2) is 11.0 Å². The Morgan fingerprint density at radius 3 is 2.55 bits per heavy atom. The van der Waals surface area contributed by atoms with Gasteiger partial charge in [-0.25, -0.2) is 0 Å². The lowest BCUT2D eigenvalue weighted by atomic mass is 10.1. The molecule has 0 aliphatic rings. The first-order valence-corrected chi connectivity index (χ1v) is 6.17. The van der Waals surface area contributed by atoms with Crippen molar-refractivity contribution in [3.8, 4) is 11.8 Å². The zero-order valence-corrected chi connectivity index (χ0v) is 11.1. The van der Waals surface area contributed by atoms with Gasteiger partial charge in [0.25, 0.3) is 5.91 Å². The van der Waals surface area contributed by atoms with E-state index in [0.29, 0.717) is 17.7 Å². The largest absolute Gasteiger partial charge is 0.508 e. The Kier molecular flexibility index (Phi) is 4.02. The number of phenols is 1. The minimum absolute atomic E-state index is 0.168. The van der Waals surface area contributed by atoms with Gasteiger partial charge in [-0.3, -0.25) is 4.79 Å². The number of rotatable bonds is 3. The minimum atomic E-state index is -0.220. The van der Waals surface area contributed by atoms with Crippen molar-refractivity contribution in [3.05, 3.63) is 59.2 Å². The molecule has 2 aromatic carbocycles. The van der Waals surface area contributed by atoms with Gasteiger partial charge in [0.2, 0.25) is 0 Å². The van der Waals surface area contributed by atoms with Crippen molar-refractivity contribution in [2.45, 2.75) is 13.3 Å². The number of carbonyl (C=O) groups excluding carboxylic acids is 1. The van der Waals surface area contributed by atoms with Crippen molar-refractivity contribution in [2.75, 3.05) is 5.32 Å². The lowest BCUT2D eigenvalue weighted by molar-refractivity contribution is 0.102. The summed E-state index contributed by atoms with van der Waals surface area (Å²) in [5, 5.41) is 20.7. The molecule has 0 aliphatic heterocycles. The third kappa shape index (κ3) is 3.15. The monoisotopic (exact) mass is 266 g/mol. The first-order chi connectivity index (χ1) is 9.60. The summed E-state index contributed by atoms with van der Waals surface area (Å²) in [6.07, 6.45) is 0.332. The number of hydrogen-bond donors (Lipinski definition) is 2. The molecule has 0 aliphatic carbocycles. The van der Waals surface area contributed by atoms with E-state index in [1.807, 2.05) is 6.92 Å². The first kappa shape index (κ1) is 13.6. The van der Waals surface area contributed by atoms with E-state index in [0.717, 1.165) is 11.1 Å². The van der Waals surface area contributed by atoms with Crippen LogP contribution in [-0.2, 0) is 6.42 Å². The molecule has 0 spiro atoms. The predicted molar refractivity (Wildman–Crippen MR) is 76.6 cm³/mol. The molecule has 20 heavy (non-hydrogen) atoms. The Morgan fingerprint density at radius 1 is 1.25 bits per heavy atom. The van der Waals surface area contributed by atoms with Crippen LogP contribution in [0.3, 0.4) is 0 Å². The highest BCUT2D eigenvalue weighted by Gasteiger charge is 2.08. The molecule has 0 fully saturated rings. The molecule has 0 heterocycles. The number of hydrogen-bond acceptors (Lipinski definition) is 3. The zero-order valence-electron chi connectivity index (χ0n) is 11.1. The number of benzene rings is 2. The maximum atomic E-state index is 12.1. The van der Waals surface area contributed by atoms with Gasteiger partial charge in [-0.05, 0) is 48.4 Å². The van der Waals surface area contributed by atoms with Crippen molar-refractivity contribution in [2.24, 2.45) is 0 Å². The van der Waals surface area contributed by atoms with E-state index >= 15 is 0 Å². The van der Waals surface area contributed by atoms with Gasteiger partial charge in [0.05, 0.1) is 12.5 Å². The molecule has 4 heteroatoms. The van der Waals surface area contributed by atoms with Gasteiger partial charge in [0.1, 0.15) is 5.75 Å². The Hall–Kier alpha value is -2.80. The Morgan fingerprint density at radius 2 is 1.95 bits per heavy atom. The number of nitrogens with zero attached hydrogens (tertiary/aromatic N) is 1. The second kappa shape index (κ2) is 5.89. The SMILES string of the molecule is Cc1cc(O)ccc1NC(=O)c1ccc(CC#N)cc1. The molecular weight excluding hydrogens is 252 g/mol. The highest BCUT2D eigenvalue weighted by molar-refractivity contribution is 6.04. The highest BCUT2D eigenvalue weighted by Crippen LogP contribution is 2.20. The molecule has 2 rings (SSSR count). The number of nitriles is 1. The molecule has 1 amide bonds. The van der Waals surface area contributed by atoms with Crippen molar-refractivity contribution in [1.29, 1.82) is 5.26 Å². The molecule has 0 atom stereocenters. The Labute approximate surface area is 117 Å². The van der Waals surface area contributed by atoms with Crippen molar-refractivity contribution in [1.82, 2.24) is 0 Å². The molecule has 0 bridgehead atoms. The summed E-state index contributed by atoms with van der Waals surface area (Å²) in [5.74, 6) is -0.0522. The van der Waals surface area contributed by atoms with Gasteiger partial charge >= 0.3 is 0 Å². The Bertz CT molecular complexity index is 670. The summed E-state index contributed by atoms with van der Waals surface area (Å²) in [5.41, 5.74) is 2.86. The quantitative estimate of drug-likeness (QED) is 0.839. The fourth-order valence-corrected chi connectivity index (χ4v) is 1.85. The van der Waals surface area contributed by atoms with E-state index in [1.165, 1.54) is 6.07 Å². The second-order valence-electron chi connectivity index (χ2n) is 4.49. The van der Waals surface area contributed by atoms with Crippen LogP contribution in [0.25, 0.3) is 0 Å². The van der Waals surface area contributed by atoms with E-state index in [1.54, 1.807) is 36.4 Å². The second-order valence-corrected chi connectivity index (χ2v) is 4.49. The van der Waals surface area contributed by atoms with E-state index in [-0.39, 0.29) is 11.7 Å². The van der Waals surface area contributed by atoms with Crippen molar-refractivity contribution < 1.29 is 9.90 Å². The fourth-order valence-electron chi connectivity index (χ4n) is 1.85. The molecule has 100 valence electrons. The number of nitrogens with one attached hydrogen (secondary N) is 1. The fraction of sp³-hybridized carbons (Fsp3) is 0.125. The first-order valence-electron chi connectivity index (χ1n) is 6.17. The molecule has 4 nitrogen and oxygen atoms in total. The van der Waals surface area contributed by atoms with Gasteiger partial charge in [0, 0.05) is 11.3 Å². The van der Waals surface area contributed by atoms with Crippen LogP contribution in [0.2, 0.25) is 0 Å². The minimum Gasteiger partial charge on any atom is -0.508 e. The van der Waals surface area contributed by atoms with Crippen LogP contribution in [0, 0.1) is 18.3 Å². The lowest BCUT2D eigenvalue weighted by Crippen LogP contribution is -2.12. The van der Waals surface area contributed by atoms with Gasteiger partial charge in [0.15, 0.2) is 0 Å². The third-order valence-corrected chi connectivity index (χ3v) is 2.96. The third-order valence-electron chi connectivity index (χ3n) is 2.96. The number of anilines is 1. The van der Waals surface area contributed by atoms with E-state index in [2.05, 4.69) is 11.4 Å². The molecule has 0 radical (unpaired) electrons. The summed E-state index contributed by atoms with van der Waals surface area (Å²) >= 11 is 0. The molecular formula is C16H14N2O2. The van der Waals surface area contributed by atoms with E-state index < -0.39 is 0 Å². The van der Waals surface area contributed by atoms with Crippen molar-refractivity contribution >= 4 is 11.6 Å². The van der Waals surface area contributed by atoms with E-state index in [4.69, 9.17) is 5.26 Å². The number of amides is 1. The standard InChI is InChI=1S/C16H14N2O2/c1-11-10-14(19)6-7-15(11)18-16(20)13-4-2-12(3-5-13)8-9-17/h2-7,10,19H,8H2,1H3,(H,18,20). The van der Waals surface area contributed by atoms with E-state index in [9.17, 15) is 9.90 Å². The predicted octanol–water partition coefficient (Wildman–Crippen LogP) is 3.02. The van der Waals surface area contributed by atoms with Crippen LogP contribution < -0.4 is 5.32 Å². The summed E-state index contributed by atoms with van der Waals surface area (Å²) in [6.45, 7) is 1.81. The molecule has 2 aromatic rings. The number of carbonyl (C=O) groups is 1. The average molecular weight is 266 g/mol. The lowest BCUT2D eigenvalue weighted by Gasteiger charge is -2.09. The summed E-state index contributed by atoms with van der Waals surface area (Å²) in [4.78, 5) is 12.1. The summed E-state index contributed by atoms with van der Waals surface area (Å²) < 4.78 is 0. The topological polar surface area (TPSA) is 73.1 Å². The van der Waals surface area contributed by atoms with Gasteiger partial charge in [-0.2, -0.15) is 5.26 Å². The molecule has 0 saturated carbocycles. The average Bonchev–Trinajstić information content (AvgIpc) is 2.43. The smallest absolute Gasteiger partial charge is 0.255 e. The van der Waals surface area contributed by atoms with Crippen LogP contribution in [0.4, 0.5) is 5.69 Å². The zero-order chi connectivity index (χ0) is 14.5. The summed E-state index contributed by atoms with van der Waals surface area (Å²) in [7, 11) is 0. The molecule has 0 unspecified atom stereocenters. The van der Waals surface area contributed by atoms with Crippen LogP contribution in [0.15, 0.2) is 42.5 Å².